The third kappa shape index (κ3) is 3.85. The van der Waals surface area contributed by atoms with Crippen molar-refractivity contribution in [3.05, 3.63) is 65.7 Å². The molecule has 0 spiro atoms. The van der Waals surface area contributed by atoms with Crippen molar-refractivity contribution in [1.29, 1.82) is 0 Å². The van der Waals surface area contributed by atoms with Crippen molar-refractivity contribution < 1.29 is 13.6 Å². The third-order valence-electron chi connectivity index (χ3n) is 3.98. The molecule has 8 heteroatoms. The van der Waals surface area contributed by atoms with Gasteiger partial charge in [0.05, 0.1) is 6.04 Å². The molecule has 0 aliphatic heterocycles. The third-order valence-corrected chi connectivity index (χ3v) is 4.61. The maximum absolute atomic E-state index is 13.9. The molecule has 26 heavy (non-hydrogen) atoms. The molecular formula is C18H16F2N4OS. The highest BCUT2D eigenvalue weighted by Gasteiger charge is 2.22. The van der Waals surface area contributed by atoms with Crippen molar-refractivity contribution in [2.24, 2.45) is 0 Å². The summed E-state index contributed by atoms with van der Waals surface area (Å²) < 4.78 is 31.5. The van der Waals surface area contributed by atoms with Gasteiger partial charge in [0.25, 0.3) is 0 Å². The number of nitrogens with zero attached hydrogens (tertiary/aromatic N) is 3. The lowest BCUT2D eigenvalue weighted by molar-refractivity contribution is 0.207. The number of carbonyl (C=O) groups is 1. The monoisotopic (exact) mass is 374 g/mol. The summed E-state index contributed by atoms with van der Waals surface area (Å²) in [7, 11) is 1.50. The quantitative estimate of drug-likeness (QED) is 0.720. The minimum absolute atomic E-state index is 0.102. The Balaban J connectivity index is 1.71. The van der Waals surface area contributed by atoms with E-state index in [1.807, 2.05) is 30.3 Å². The molecular weight excluding hydrogens is 358 g/mol. The van der Waals surface area contributed by atoms with E-state index in [9.17, 15) is 13.6 Å². The van der Waals surface area contributed by atoms with E-state index in [0.717, 1.165) is 35.3 Å². The second-order valence-electron chi connectivity index (χ2n) is 5.67. The standard InChI is InChI=1S/C18H16F2N4OS/c1-11(14-10-13(19)8-9-15(14)20)24(2)18(25)22-17-21-16(23-26-17)12-6-4-3-5-7-12/h3-11H,1-2H3,(H,21,22,23,25). The summed E-state index contributed by atoms with van der Waals surface area (Å²) in [6.45, 7) is 1.62. The van der Waals surface area contributed by atoms with Crippen LogP contribution in [0.4, 0.5) is 18.7 Å². The molecule has 0 fully saturated rings. The molecule has 0 aliphatic carbocycles. The molecule has 1 unspecified atom stereocenters. The Morgan fingerprint density at radius 3 is 2.65 bits per heavy atom. The lowest BCUT2D eigenvalue weighted by atomic mass is 10.1. The first-order valence-electron chi connectivity index (χ1n) is 7.83. The molecule has 1 atom stereocenters. The van der Waals surface area contributed by atoms with Gasteiger partial charge in [-0.1, -0.05) is 30.3 Å². The normalized spacial score (nSPS) is 11.8. The van der Waals surface area contributed by atoms with Gasteiger partial charge in [0.15, 0.2) is 5.82 Å². The van der Waals surface area contributed by atoms with Crippen LogP contribution in [0.25, 0.3) is 11.4 Å². The second-order valence-corrected chi connectivity index (χ2v) is 6.42. The van der Waals surface area contributed by atoms with Crippen molar-refractivity contribution in [3.63, 3.8) is 0 Å². The first-order chi connectivity index (χ1) is 12.5. The first-order valence-corrected chi connectivity index (χ1v) is 8.61. The molecule has 0 aliphatic rings. The molecule has 0 bridgehead atoms. The highest BCUT2D eigenvalue weighted by molar-refractivity contribution is 7.10. The Hall–Kier alpha value is -2.87. The van der Waals surface area contributed by atoms with Crippen molar-refractivity contribution in [2.45, 2.75) is 13.0 Å². The predicted molar refractivity (Wildman–Crippen MR) is 96.9 cm³/mol. The van der Waals surface area contributed by atoms with Crippen molar-refractivity contribution in [3.8, 4) is 11.4 Å². The summed E-state index contributed by atoms with van der Waals surface area (Å²) in [4.78, 5) is 18.0. The molecule has 0 radical (unpaired) electrons. The highest BCUT2D eigenvalue weighted by atomic mass is 32.1. The lowest BCUT2D eigenvalue weighted by Gasteiger charge is -2.25. The summed E-state index contributed by atoms with van der Waals surface area (Å²) in [5.41, 5.74) is 0.942. The van der Waals surface area contributed by atoms with Crippen LogP contribution < -0.4 is 5.32 Å². The SMILES string of the molecule is CC(c1cc(F)ccc1F)N(C)C(=O)Nc1nc(-c2ccccc2)ns1. The largest absolute Gasteiger partial charge is 0.323 e. The van der Waals surface area contributed by atoms with Gasteiger partial charge in [-0.25, -0.2) is 13.6 Å². The van der Waals surface area contributed by atoms with Crippen LogP contribution in [0.1, 0.15) is 18.5 Å². The van der Waals surface area contributed by atoms with Gasteiger partial charge < -0.3 is 4.90 Å². The zero-order chi connectivity index (χ0) is 18.7. The molecule has 0 saturated heterocycles. The van der Waals surface area contributed by atoms with Gasteiger partial charge in [-0.05, 0) is 25.1 Å². The van der Waals surface area contributed by atoms with Gasteiger partial charge in [-0.15, -0.1) is 0 Å². The van der Waals surface area contributed by atoms with Crippen molar-refractivity contribution >= 4 is 22.7 Å². The van der Waals surface area contributed by atoms with Gasteiger partial charge in [0, 0.05) is 29.7 Å². The summed E-state index contributed by atoms with van der Waals surface area (Å²) in [5.74, 6) is -0.614. The number of urea groups is 1. The number of nitrogens with one attached hydrogen (secondary N) is 1. The summed E-state index contributed by atoms with van der Waals surface area (Å²) >= 11 is 1.05. The van der Waals surface area contributed by atoms with Crippen LogP contribution in [0.2, 0.25) is 0 Å². The molecule has 2 amide bonds. The van der Waals surface area contributed by atoms with E-state index < -0.39 is 23.7 Å². The fourth-order valence-electron chi connectivity index (χ4n) is 2.38. The number of rotatable bonds is 4. The van der Waals surface area contributed by atoms with Crippen molar-refractivity contribution in [2.75, 3.05) is 12.4 Å². The number of amides is 2. The molecule has 1 aromatic heterocycles. The van der Waals surface area contributed by atoms with E-state index in [0.29, 0.717) is 11.0 Å². The topological polar surface area (TPSA) is 58.1 Å². The average Bonchev–Trinajstić information content (AvgIpc) is 3.11. The molecule has 0 saturated carbocycles. The Morgan fingerprint density at radius 2 is 1.92 bits per heavy atom. The van der Waals surface area contributed by atoms with E-state index in [2.05, 4.69) is 14.7 Å². The van der Waals surface area contributed by atoms with Crippen LogP contribution in [-0.4, -0.2) is 27.3 Å². The fourth-order valence-corrected chi connectivity index (χ4v) is 2.96. The van der Waals surface area contributed by atoms with Crippen LogP contribution in [-0.2, 0) is 0 Å². The first kappa shape index (κ1) is 17.9. The number of benzene rings is 2. The predicted octanol–water partition coefficient (Wildman–Crippen LogP) is 4.71. The van der Waals surface area contributed by atoms with E-state index in [1.165, 1.54) is 11.9 Å². The Labute approximate surface area is 153 Å². The summed E-state index contributed by atoms with van der Waals surface area (Å²) in [6, 6.07) is 11.4. The van der Waals surface area contributed by atoms with Crippen LogP contribution in [0.5, 0.6) is 0 Å². The number of anilines is 1. The van der Waals surface area contributed by atoms with E-state index in [1.54, 1.807) is 6.92 Å². The molecule has 5 nitrogen and oxygen atoms in total. The van der Waals surface area contributed by atoms with Crippen LogP contribution >= 0.6 is 11.5 Å². The van der Waals surface area contributed by atoms with E-state index >= 15 is 0 Å². The number of carbonyl (C=O) groups excluding carboxylic acids is 1. The smallest absolute Gasteiger partial charge is 0.321 e. The Kier molecular flexibility index (Phi) is 5.22. The number of hydrogen-bond acceptors (Lipinski definition) is 4. The molecule has 134 valence electrons. The molecule has 1 heterocycles. The molecule has 3 rings (SSSR count). The number of hydrogen-bond donors (Lipinski definition) is 1. The highest BCUT2D eigenvalue weighted by Crippen LogP contribution is 2.25. The molecule has 3 aromatic rings. The fraction of sp³-hybridized carbons (Fsp3) is 0.167. The number of aromatic nitrogens is 2. The van der Waals surface area contributed by atoms with Gasteiger partial charge in [-0.3, -0.25) is 5.32 Å². The minimum atomic E-state index is -0.660. The zero-order valence-electron chi connectivity index (χ0n) is 14.1. The van der Waals surface area contributed by atoms with Gasteiger partial charge in [-0.2, -0.15) is 9.36 Å². The van der Waals surface area contributed by atoms with Gasteiger partial charge >= 0.3 is 6.03 Å². The van der Waals surface area contributed by atoms with Crippen molar-refractivity contribution in [1.82, 2.24) is 14.3 Å². The maximum Gasteiger partial charge on any atom is 0.323 e. The Bertz CT molecular complexity index is 917. The lowest BCUT2D eigenvalue weighted by Crippen LogP contribution is -2.34. The molecule has 2 aromatic carbocycles. The van der Waals surface area contributed by atoms with Gasteiger partial charge in [0.1, 0.15) is 11.6 Å². The van der Waals surface area contributed by atoms with E-state index in [-0.39, 0.29) is 5.56 Å². The summed E-state index contributed by atoms with van der Waals surface area (Å²) in [6.07, 6.45) is 0. The number of halogens is 2. The van der Waals surface area contributed by atoms with Crippen LogP contribution in [0.15, 0.2) is 48.5 Å². The average molecular weight is 374 g/mol. The molecule has 1 N–H and O–H groups in total. The van der Waals surface area contributed by atoms with Crippen LogP contribution in [0, 0.1) is 11.6 Å². The van der Waals surface area contributed by atoms with Gasteiger partial charge in [0.2, 0.25) is 5.13 Å². The van der Waals surface area contributed by atoms with Crippen LogP contribution in [0.3, 0.4) is 0 Å². The minimum Gasteiger partial charge on any atom is -0.321 e. The summed E-state index contributed by atoms with van der Waals surface area (Å²) in [5, 5.41) is 2.96. The second kappa shape index (κ2) is 7.57. The zero-order valence-corrected chi connectivity index (χ0v) is 14.9. The Morgan fingerprint density at radius 1 is 1.19 bits per heavy atom. The maximum atomic E-state index is 13.9. The van der Waals surface area contributed by atoms with E-state index in [4.69, 9.17) is 0 Å².